The molecule has 1 aromatic rings. The van der Waals surface area contributed by atoms with Crippen LogP contribution in [0.15, 0.2) is 18.2 Å². The molecule has 0 aromatic heterocycles. The van der Waals surface area contributed by atoms with Gasteiger partial charge in [-0.3, -0.25) is 0 Å². The number of rotatable bonds is 2. The fourth-order valence-electron chi connectivity index (χ4n) is 0.926. The first-order valence-electron chi connectivity index (χ1n) is 3.35. The van der Waals surface area contributed by atoms with Gasteiger partial charge in [0, 0.05) is 11.6 Å². The maximum atomic E-state index is 8.78. The van der Waals surface area contributed by atoms with Crippen molar-refractivity contribution in [2.45, 2.75) is 13.2 Å². The molecule has 3 heteroatoms. The summed E-state index contributed by atoms with van der Waals surface area (Å²) in [6.45, 7) is 0.459. The minimum Gasteiger partial charge on any atom is -0.392 e. The van der Waals surface area contributed by atoms with E-state index in [-0.39, 0.29) is 6.61 Å². The van der Waals surface area contributed by atoms with Gasteiger partial charge in [-0.05, 0) is 23.3 Å². The van der Waals surface area contributed by atoms with Crippen molar-refractivity contribution in [1.29, 1.82) is 0 Å². The van der Waals surface area contributed by atoms with Gasteiger partial charge in [-0.2, -0.15) is 0 Å². The van der Waals surface area contributed by atoms with E-state index in [1.807, 2.05) is 6.07 Å². The highest BCUT2D eigenvalue weighted by atomic mass is 35.5. The third-order valence-corrected chi connectivity index (χ3v) is 1.65. The van der Waals surface area contributed by atoms with Crippen molar-refractivity contribution in [1.82, 2.24) is 0 Å². The molecule has 60 valence electrons. The number of aliphatic hydroxyl groups is 1. The first-order chi connectivity index (χ1) is 5.26. The molecule has 11 heavy (non-hydrogen) atoms. The predicted octanol–water partition coefficient (Wildman–Crippen LogP) is 1.29. The SMILES string of the molecule is NCc1cc(Cl)cc(CO)c1. The molecule has 1 aromatic carbocycles. The van der Waals surface area contributed by atoms with E-state index in [1.165, 1.54) is 0 Å². The number of hydrogen-bond donors (Lipinski definition) is 2. The Bertz CT molecular complexity index is 228. The van der Waals surface area contributed by atoms with Gasteiger partial charge in [0.15, 0.2) is 0 Å². The largest absolute Gasteiger partial charge is 0.392 e. The van der Waals surface area contributed by atoms with Gasteiger partial charge in [0.2, 0.25) is 0 Å². The normalized spacial score (nSPS) is 10.1. The average molecular weight is 172 g/mol. The molecular weight excluding hydrogens is 162 g/mol. The Hall–Kier alpha value is -0.570. The number of aliphatic hydroxyl groups excluding tert-OH is 1. The highest BCUT2D eigenvalue weighted by Crippen LogP contribution is 2.14. The van der Waals surface area contributed by atoms with Crippen LogP contribution in [-0.4, -0.2) is 5.11 Å². The summed E-state index contributed by atoms with van der Waals surface area (Å²) in [4.78, 5) is 0. The summed E-state index contributed by atoms with van der Waals surface area (Å²) in [7, 11) is 0. The van der Waals surface area contributed by atoms with E-state index in [2.05, 4.69) is 0 Å². The highest BCUT2D eigenvalue weighted by Gasteiger charge is 1.96. The lowest BCUT2D eigenvalue weighted by atomic mass is 10.1. The van der Waals surface area contributed by atoms with Crippen molar-refractivity contribution in [3.8, 4) is 0 Å². The van der Waals surface area contributed by atoms with Gasteiger partial charge in [0.05, 0.1) is 6.61 Å². The van der Waals surface area contributed by atoms with E-state index in [9.17, 15) is 0 Å². The van der Waals surface area contributed by atoms with Crippen LogP contribution in [0, 0.1) is 0 Å². The van der Waals surface area contributed by atoms with Crippen molar-refractivity contribution in [2.75, 3.05) is 0 Å². The van der Waals surface area contributed by atoms with Crippen molar-refractivity contribution >= 4 is 11.6 Å². The van der Waals surface area contributed by atoms with Crippen molar-refractivity contribution in [2.24, 2.45) is 5.73 Å². The summed E-state index contributed by atoms with van der Waals surface area (Å²) in [6, 6.07) is 5.35. The molecule has 0 spiro atoms. The summed E-state index contributed by atoms with van der Waals surface area (Å²) >= 11 is 5.74. The Morgan fingerprint density at radius 2 is 1.91 bits per heavy atom. The van der Waals surface area contributed by atoms with E-state index in [0.29, 0.717) is 11.6 Å². The van der Waals surface area contributed by atoms with Gasteiger partial charge in [-0.25, -0.2) is 0 Å². The number of nitrogens with two attached hydrogens (primary N) is 1. The van der Waals surface area contributed by atoms with Gasteiger partial charge in [-0.1, -0.05) is 17.7 Å². The lowest BCUT2D eigenvalue weighted by molar-refractivity contribution is 0.281. The Kier molecular flexibility index (Phi) is 2.88. The van der Waals surface area contributed by atoms with Crippen LogP contribution in [0.2, 0.25) is 5.02 Å². The van der Waals surface area contributed by atoms with Crippen LogP contribution in [0.25, 0.3) is 0 Å². The lowest BCUT2D eigenvalue weighted by Crippen LogP contribution is -1.97. The molecule has 1 rings (SSSR count). The molecule has 0 saturated carbocycles. The van der Waals surface area contributed by atoms with Gasteiger partial charge in [0.25, 0.3) is 0 Å². The molecule has 0 aliphatic heterocycles. The third kappa shape index (κ3) is 2.19. The van der Waals surface area contributed by atoms with Crippen molar-refractivity contribution < 1.29 is 5.11 Å². The van der Waals surface area contributed by atoms with Gasteiger partial charge in [-0.15, -0.1) is 0 Å². The molecule has 0 unspecified atom stereocenters. The van der Waals surface area contributed by atoms with Gasteiger partial charge < -0.3 is 10.8 Å². The quantitative estimate of drug-likeness (QED) is 0.705. The molecule has 0 radical (unpaired) electrons. The molecule has 0 heterocycles. The summed E-state index contributed by atoms with van der Waals surface area (Å²) in [5, 5.41) is 9.40. The number of halogens is 1. The molecule has 3 N–H and O–H groups in total. The van der Waals surface area contributed by atoms with Crippen molar-refractivity contribution in [3.63, 3.8) is 0 Å². The molecule has 0 saturated heterocycles. The van der Waals surface area contributed by atoms with Crippen LogP contribution < -0.4 is 5.73 Å². The Morgan fingerprint density at radius 1 is 1.27 bits per heavy atom. The first-order valence-corrected chi connectivity index (χ1v) is 3.73. The molecule has 0 atom stereocenters. The fourth-order valence-corrected chi connectivity index (χ4v) is 1.21. The topological polar surface area (TPSA) is 46.2 Å². The highest BCUT2D eigenvalue weighted by molar-refractivity contribution is 6.30. The molecule has 0 bridgehead atoms. The van der Waals surface area contributed by atoms with E-state index in [1.54, 1.807) is 12.1 Å². The van der Waals surface area contributed by atoms with E-state index >= 15 is 0 Å². The monoisotopic (exact) mass is 171 g/mol. The van der Waals surface area contributed by atoms with Crippen LogP contribution >= 0.6 is 11.6 Å². The third-order valence-electron chi connectivity index (χ3n) is 1.44. The molecule has 0 aliphatic rings. The maximum absolute atomic E-state index is 8.78. The van der Waals surface area contributed by atoms with Crippen molar-refractivity contribution in [3.05, 3.63) is 34.3 Å². The summed E-state index contributed by atoms with van der Waals surface area (Å²) in [6.07, 6.45) is 0. The summed E-state index contributed by atoms with van der Waals surface area (Å²) in [5.74, 6) is 0. The van der Waals surface area contributed by atoms with Crippen LogP contribution in [0.1, 0.15) is 11.1 Å². The number of hydrogen-bond acceptors (Lipinski definition) is 2. The minimum atomic E-state index is 0.00750. The zero-order valence-corrected chi connectivity index (χ0v) is 6.80. The summed E-state index contributed by atoms with van der Waals surface area (Å²) in [5.41, 5.74) is 7.15. The second-order valence-corrected chi connectivity index (χ2v) is 2.77. The fraction of sp³-hybridized carbons (Fsp3) is 0.250. The lowest BCUT2D eigenvalue weighted by Gasteiger charge is -2.01. The first kappa shape index (κ1) is 8.53. The van der Waals surface area contributed by atoms with Crippen LogP contribution in [0.5, 0.6) is 0 Å². The smallest absolute Gasteiger partial charge is 0.0682 e. The zero-order valence-electron chi connectivity index (χ0n) is 6.05. The summed E-state index contributed by atoms with van der Waals surface area (Å²) < 4.78 is 0. The van der Waals surface area contributed by atoms with Gasteiger partial charge >= 0.3 is 0 Å². The Balaban J connectivity index is 3.02. The molecular formula is C8H10ClNO. The second-order valence-electron chi connectivity index (χ2n) is 2.33. The average Bonchev–Trinajstić information content (AvgIpc) is 2.03. The maximum Gasteiger partial charge on any atom is 0.0682 e. The van der Waals surface area contributed by atoms with Crippen LogP contribution in [-0.2, 0) is 13.2 Å². The second kappa shape index (κ2) is 3.72. The Morgan fingerprint density at radius 3 is 2.45 bits per heavy atom. The predicted molar refractivity (Wildman–Crippen MR) is 45.3 cm³/mol. The van der Waals surface area contributed by atoms with Gasteiger partial charge in [0.1, 0.15) is 0 Å². The number of benzene rings is 1. The van der Waals surface area contributed by atoms with Crippen LogP contribution in [0.3, 0.4) is 0 Å². The van der Waals surface area contributed by atoms with E-state index in [4.69, 9.17) is 22.4 Å². The van der Waals surface area contributed by atoms with Crippen LogP contribution in [0.4, 0.5) is 0 Å². The zero-order chi connectivity index (χ0) is 8.27. The van der Waals surface area contributed by atoms with E-state index in [0.717, 1.165) is 11.1 Å². The Labute approximate surface area is 70.6 Å². The minimum absolute atomic E-state index is 0.00750. The molecule has 0 fully saturated rings. The standard InChI is InChI=1S/C8H10ClNO/c9-8-2-6(4-10)1-7(3-8)5-11/h1-3,11H,4-5,10H2. The molecule has 0 aliphatic carbocycles. The van der Waals surface area contributed by atoms with E-state index < -0.39 is 0 Å². The molecule has 0 amide bonds. The molecule has 2 nitrogen and oxygen atoms in total.